The molecule has 0 amide bonds. The predicted octanol–water partition coefficient (Wildman–Crippen LogP) is 4.75. The van der Waals surface area contributed by atoms with E-state index < -0.39 is 0 Å². The van der Waals surface area contributed by atoms with E-state index in [1.165, 1.54) is 0 Å². The van der Waals surface area contributed by atoms with Gasteiger partial charge in [-0.25, -0.2) is 0 Å². The van der Waals surface area contributed by atoms with Crippen LogP contribution in [0.4, 0.5) is 0 Å². The fourth-order valence-electron chi connectivity index (χ4n) is 1.61. The van der Waals surface area contributed by atoms with Crippen LogP contribution >= 0.6 is 21.6 Å². The summed E-state index contributed by atoms with van der Waals surface area (Å²) in [4.78, 5) is 9.70. The molecule has 0 N–H and O–H groups in total. The molecule has 4 nitrogen and oxygen atoms in total. The summed E-state index contributed by atoms with van der Waals surface area (Å²) in [5, 5.41) is 7.97. The van der Waals surface area contributed by atoms with Crippen molar-refractivity contribution >= 4 is 34.0 Å². The van der Waals surface area contributed by atoms with Crippen molar-refractivity contribution in [2.75, 3.05) is 14.2 Å². The Balaban J connectivity index is 4.95. The van der Waals surface area contributed by atoms with Crippen LogP contribution in [0.25, 0.3) is 0 Å². The third-order valence-corrected chi connectivity index (χ3v) is 7.91. The van der Waals surface area contributed by atoms with E-state index in [2.05, 4.69) is 38.0 Å². The van der Waals surface area contributed by atoms with Gasteiger partial charge in [-0.3, -0.25) is 0 Å². The lowest BCUT2D eigenvalue weighted by molar-refractivity contribution is 0.213. The molecule has 0 aromatic rings. The maximum Gasteiger partial charge on any atom is 0.106 e. The molecule has 0 aromatic carbocycles. The van der Waals surface area contributed by atoms with Crippen LogP contribution in [-0.2, 0) is 9.68 Å². The van der Waals surface area contributed by atoms with Crippen molar-refractivity contribution < 1.29 is 9.68 Å². The van der Waals surface area contributed by atoms with Gasteiger partial charge in [0.1, 0.15) is 14.2 Å². The first-order chi connectivity index (χ1) is 9.57. The van der Waals surface area contributed by atoms with Crippen molar-refractivity contribution in [1.29, 1.82) is 0 Å². The van der Waals surface area contributed by atoms with Crippen LogP contribution < -0.4 is 0 Å². The van der Waals surface area contributed by atoms with Crippen LogP contribution in [0.3, 0.4) is 0 Å². The molecule has 0 atom stereocenters. The number of oxime groups is 2. The molecule has 0 aliphatic rings. The zero-order chi connectivity index (χ0) is 15.5. The number of hydrogen-bond acceptors (Lipinski definition) is 6. The fraction of sp³-hybridized carbons (Fsp3) is 0.857. The normalized spacial score (nSPS) is 13.3. The van der Waals surface area contributed by atoms with Crippen molar-refractivity contribution in [3.63, 3.8) is 0 Å². The Morgan fingerprint density at radius 2 is 1.05 bits per heavy atom. The van der Waals surface area contributed by atoms with Crippen molar-refractivity contribution in [3.8, 4) is 0 Å². The first-order valence-corrected chi connectivity index (χ1v) is 9.24. The van der Waals surface area contributed by atoms with Gasteiger partial charge in [0.2, 0.25) is 0 Å². The van der Waals surface area contributed by atoms with E-state index in [4.69, 9.17) is 9.68 Å². The van der Waals surface area contributed by atoms with Gasteiger partial charge in [0.25, 0.3) is 0 Å². The first-order valence-electron chi connectivity index (χ1n) is 7.09. The van der Waals surface area contributed by atoms with Crippen LogP contribution in [0.15, 0.2) is 10.3 Å². The van der Waals surface area contributed by atoms with Crippen molar-refractivity contribution in [2.24, 2.45) is 10.3 Å². The molecule has 0 spiro atoms. The number of rotatable bonds is 11. The van der Waals surface area contributed by atoms with Gasteiger partial charge >= 0.3 is 0 Å². The Morgan fingerprint density at radius 3 is 1.25 bits per heavy atom. The van der Waals surface area contributed by atoms with Crippen LogP contribution in [0.2, 0.25) is 0 Å². The van der Waals surface area contributed by atoms with E-state index in [1.54, 1.807) is 14.2 Å². The summed E-state index contributed by atoms with van der Waals surface area (Å²) >= 11 is 0. The molecular formula is C14H28N2O2S2. The lowest BCUT2D eigenvalue weighted by atomic mass is 10.0. The van der Waals surface area contributed by atoms with E-state index in [9.17, 15) is 0 Å². The fourth-order valence-corrected chi connectivity index (χ4v) is 5.25. The Bertz CT molecular complexity index is 272. The van der Waals surface area contributed by atoms with Crippen LogP contribution in [0.5, 0.6) is 0 Å². The summed E-state index contributed by atoms with van der Waals surface area (Å²) in [5.41, 5.74) is 0. The molecule has 0 unspecified atom stereocenters. The summed E-state index contributed by atoms with van der Waals surface area (Å²) in [6, 6.07) is 0. The smallest absolute Gasteiger partial charge is 0.106 e. The van der Waals surface area contributed by atoms with Gasteiger partial charge in [-0.05, 0) is 25.7 Å². The van der Waals surface area contributed by atoms with E-state index in [-0.39, 0.29) is 9.49 Å². The first kappa shape index (κ1) is 19.6. The van der Waals surface area contributed by atoms with Gasteiger partial charge in [0.05, 0.1) is 21.9 Å². The molecule has 0 aliphatic carbocycles. The van der Waals surface area contributed by atoms with Gasteiger partial charge in [-0.15, -0.1) is 0 Å². The summed E-state index contributed by atoms with van der Waals surface area (Å²) < 4.78 is -0.00560. The van der Waals surface area contributed by atoms with Crippen LogP contribution in [0, 0.1) is 0 Å². The Hall–Kier alpha value is -0.360. The molecule has 118 valence electrons. The summed E-state index contributed by atoms with van der Waals surface area (Å²) in [7, 11) is 6.87. The van der Waals surface area contributed by atoms with Gasteiger partial charge < -0.3 is 9.68 Å². The highest BCUT2D eigenvalue weighted by Gasteiger charge is 2.33. The van der Waals surface area contributed by atoms with Crippen molar-refractivity contribution in [1.82, 2.24) is 0 Å². The largest absolute Gasteiger partial charge is 0.399 e. The molecular weight excluding hydrogens is 292 g/mol. The average Bonchev–Trinajstić information content (AvgIpc) is 2.51. The Kier molecular flexibility index (Phi) is 10.2. The lowest BCUT2D eigenvalue weighted by Crippen LogP contribution is -2.28. The number of nitrogens with zero attached hydrogens (tertiary/aromatic N) is 2. The van der Waals surface area contributed by atoms with E-state index in [0.717, 1.165) is 25.7 Å². The minimum atomic E-state index is -0.00280. The highest BCUT2D eigenvalue weighted by Crippen LogP contribution is 2.48. The SMILES string of the molecule is CCC(/C=N/OC)(CC)SSC(/C=N/OC)(CC)CC. The van der Waals surface area contributed by atoms with Gasteiger partial charge in [-0.2, -0.15) is 0 Å². The van der Waals surface area contributed by atoms with Crippen LogP contribution in [0.1, 0.15) is 53.4 Å². The quantitative estimate of drug-likeness (QED) is 0.313. The van der Waals surface area contributed by atoms with E-state index >= 15 is 0 Å². The summed E-state index contributed by atoms with van der Waals surface area (Å²) in [5.74, 6) is 0. The highest BCUT2D eigenvalue weighted by molar-refractivity contribution is 8.78. The summed E-state index contributed by atoms with van der Waals surface area (Å²) in [6.07, 6.45) is 7.90. The van der Waals surface area contributed by atoms with Gasteiger partial charge in [-0.1, -0.05) is 59.6 Å². The Labute approximate surface area is 131 Å². The van der Waals surface area contributed by atoms with Gasteiger partial charge in [0.15, 0.2) is 0 Å². The molecule has 0 aromatic heterocycles. The average molecular weight is 321 g/mol. The Morgan fingerprint density at radius 1 is 0.750 bits per heavy atom. The standard InChI is InChI=1S/C14H28N2O2S2/c1-7-13(8-2,11-15-17-5)19-20-14(9-3,10-4)12-16-18-6/h11-12H,7-10H2,1-6H3/b15-11+,16-12+. The number of hydrogen-bond donors (Lipinski definition) is 0. The molecule has 0 fully saturated rings. The third kappa shape index (κ3) is 5.95. The maximum atomic E-state index is 4.85. The lowest BCUT2D eigenvalue weighted by Gasteiger charge is -2.32. The molecule has 0 saturated heterocycles. The predicted molar refractivity (Wildman–Crippen MR) is 92.8 cm³/mol. The second kappa shape index (κ2) is 10.4. The highest BCUT2D eigenvalue weighted by atomic mass is 33.1. The third-order valence-electron chi connectivity index (χ3n) is 3.55. The molecule has 0 aliphatic heterocycles. The van der Waals surface area contributed by atoms with E-state index in [1.807, 2.05) is 34.0 Å². The maximum absolute atomic E-state index is 4.85. The topological polar surface area (TPSA) is 43.2 Å². The van der Waals surface area contributed by atoms with Crippen LogP contribution in [-0.4, -0.2) is 36.1 Å². The monoisotopic (exact) mass is 320 g/mol. The van der Waals surface area contributed by atoms with E-state index in [0.29, 0.717) is 0 Å². The minimum absolute atomic E-state index is 0.00280. The second-order valence-corrected chi connectivity index (χ2v) is 7.50. The zero-order valence-electron chi connectivity index (χ0n) is 13.5. The molecule has 0 bridgehead atoms. The summed E-state index contributed by atoms with van der Waals surface area (Å²) in [6.45, 7) is 8.73. The molecule has 0 radical (unpaired) electrons. The molecule has 0 saturated carbocycles. The van der Waals surface area contributed by atoms with Crippen molar-refractivity contribution in [2.45, 2.75) is 62.9 Å². The molecule has 0 heterocycles. The molecule has 20 heavy (non-hydrogen) atoms. The molecule has 6 heteroatoms. The van der Waals surface area contributed by atoms with Gasteiger partial charge in [0, 0.05) is 0 Å². The second-order valence-electron chi connectivity index (χ2n) is 4.54. The zero-order valence-corrected chi connectivity index (χ0v) is 15.1. The van der Waals surface area contributed by atoms with Crippen molar-refractivity contribution in [3.05, 3.63) is 0 Å². The molecule has 0 rings (SSSR count). The minimum Gasteiger partial charge on any atom is -0.399 e.